The Hall–Kier alpha value is -3.17. The van der Waals surface area contributed by atoms with Crippen LogP contribution in [0.4, 0.5) is 0 Å². The summed E-state index contributed by atoms with van der Waals surface area (Å²) in [6.07, 6.45) is 11.2. The van der Waals surface area contributed by atoms with Crippen LogP contribution in [0, 0.1) is 0 Å². The highest BCUT2D eigenvalue weighted by molar-refractivity contribution is 7.90. The highest BCUT2D eigenvalue weighted by Crippen LogP contribution is 2.39. The molecule has 3 aromatic heterocycles. The summed E-state index contributed by atoms with van der Waals surface area (Å²) in [5, 5.41) is 0.857. The highest BCUT2D eigenvalue weighted by Gasteiger charge is 2.28. The van der Waals surface area contributed by atoms with Crippen molar-refractivity contribution < 1.29 is 17.6 Å². The van der Waals surface area contributed by atoms with E-state index in [0.29, 0.717) is 10.8 Å². The molecule has 1 saturated heterocycles. The van der Waals surface area contributed by atoms with E-state index in [-0.39, 0.29) is 6.10 Å². The predicted octanol–water partition coefficient (Wildman–Crippen LogP) is 4.34. The number of rotatable bonds is 7. The van der Waals surface area contributed by atoms with Crippen molar-refractivity contribution in [1.82, 2.24) is 19.4 Å². The molecule has 0 N–H and O–H groups in total. The van der Waals surface area contributed by atoms with Gasteiger partial charge in [0.2, 0.25) is 5.89 Å². The summed E-state index contributed by atoms with van der Waals surface area (Å²) >= 11 is 0. The molecule has 0 spiro atoms. The van der Waals surface area contributed by atoms with Crippen molar-refractivity contribution in [3.05, 3.63) is 66.6 Å². The van der Waals surface area contributed by atoms with Crippen LogP contribution in [0.15, 0.2) is 64.4 Å². The largest absolute Gasteiger partial charge is 0.489 e. The Morgan fingerprint density at radius 2 is 1.91 bits per heavy atom. The van der Waals surface area contributed by atoms with Gasteiger partial charge >= 0.3 is 0 Å². The molecule has 1 saturated carbocycles. The molecule has 8 nitrogen and oxygen atoms in total. The first-order valence-electron chi connectivity index (χ1n) is 12.0. The maximum absolute atomic E-state index is 11.8. The van der Waals surface area contributed by atoms with E-state index in [1.54, 1.807) is 18.3 Å². The van der Waals surface area contributed by atoms with Crippen LogP contribution in [0.3, 0.4) is 0 Å². The lowest BCUT2D eigenvalue weighted by Gasteiger charge is -2.31. The number of fused-ring (bicyclic) bond motifs is 1. The second kappa shape index (κ2) is 8.80. The molecule has 182 valence electrons. The van der Waals surface area contributed by atoms with Gasteiger partial charge in [0, 0.05) is 36.8 Å². The monoisotopic (exact) mass is 492 g/mol. The molecule has 0 amide bonds. The molecule has 2 fully saturated rings. The van der Waals surface area contributed by atoms with E-state index < -0.39 is 9.84 Å². The Kier molecular flexibility index (Phi) is 5.61. The fraction of sp³-hybridized carbons (Fsp3) is 0.385. The number of hydrogen-bond donors (Lipinski definition) is 0. The number of oxazole rings is 1. The van der Waals surface area contributed by atoms with Gasteiger partial charge < -0.3 is 13.7 Å². The molecule has 2 aliphatic rings. The Morgan fingerprint density at radius 3 is 2.63 bits per heavy atom. The van der Waals surface area contributed by atoms with Gasteiger partial charge in [0.25, 0.3) is 0 Å². The molecule has 0 bridgehead atoms. The summed E-state index contributed by atoms with van der Waals surface area (Å²) in [6, 6.07) is 10.9. The van der Waals surface area contributed by atoms with Crippen molar-refractivity contribution in [2.24, 2.45) is 0 Å². The maximum Gasteiger partial charge on any atom is 0.208 e. The zero-order chi connectivity index (χ0) is 24.0. The number of piperidine rings is 1. The summed E-state index contributed by atoms with van der Waals surface area (Å²) in [6.45, 7) is 2.65. The summed E-state index contributed by atoms with van der Waals surface area (Å²) in [5.41, 5.74) is 2.02. The first-order chi connectivity index (χ1) is 16.9. The molecule has 0 radical (unpaired) electrons. The number of nitrogens with zero attached hydrogens (tertiary/aromatic N) is 4. The van der Waals surface area contributed by atoms with Crippen LogP contribution >= 0.6 is 0 Å². The van der Waals surface area contributed by atoms with Crippen LogP contribution in [0.2, 0.25) is 0 Å². The Balaban J connectivity index is 1.06. The quantitative estimate of drug-likeness (QED) is 0.379. The number of ether oxygens (including phenoxy) is 1. The first-order valence-corrected chi connectivity index (χ1v) is 13.9. The van der Waals surface area contributed by atoms with Crippen molar-refractivity contribution in [2.75, 3.05) is 19.3 Å². The van der Waals surface area contributed by atoms with E-state index in [4.69, 9.17) is 9.15 Å². The fourth-order valence-corrected chi connectivity index (χ4v) is 5.33. The summed E-state index contributed by atoms with van der Waals surface area (Å²) in [5.74, 6) is 2.95. The summed E-state index contributed by atoms with van der Waals surface area (Å²) in [4.78, 5) is 11.9. The molecule has 9 heteroatoms. The van der Waals surface area contributed by atoms with E-state index in [1.165, 1.54) is 19.1 Å². The van der Waals surface area contributed by atoms with Crippen LogP contribution in [0.1, 0.15) is 43.2 Å². The third kappa shape index (κ3) is 4.83. The van der Waals surface area contributed by atoms with Gasteiger partial charge in [-0.1, -0.05) is 0 Å². The first kappa shape index (κ1) is 22.3. The molecule has 6 rings (SSSR count). The van der Waals surface area contributed by atoms with Crippen molar-refractivity contribution in [1.29, 1.82) is 0 Å². The third-order valence-electron chi connectivity index (χ3n) is 6.82. The van der Waals surface area contributed by atoms with Crippen LogP contribution in [0.25, 0.3) is 16.7 Å². The average Bonchev–Trinajstić information content (AvgIpc) is 3.45. The van der Waals surface area contributed by atoms with Gasteiger partial charge in [0.1, 0.15) is 23.9 Å². The molecule has 35 heavy (non-hydrogen) atoms. The SMILES string of the molecule is CS(=O)(=O)c1ccc2c(ccn2-c2ccc(OC3CCN(Cc4nc(C5CC5)co4)CC3)cn2)c1. The van der Waals surface area contributed by atoms with Crippen LogP contribution in [-0.2, 0) is 16.4 Å². The number of sulfone groups is 1. The minimum absolute atomic E-state index is 0.160. The molecule has 0 atom stereocenters. The van der Waals surface area contributed by atoms with E-state index >= 15 is 0 Å². The lowest BCUT2D eigenvalue weighted by Crippen LogP contribution is -2.37. The van der Waals surface area contributed by atoms with Gasteiger partial charge in [0.15, 0.2) is 9.84 Å². The number of pyridine rings is 1. The molecule has 0 unspecified atom stereocenters. The Labute approximate surface area is 204 Å². The van der Waals surface area contributed by atoms with Crippen LogP contribution in [-0.4, -0.2) is 53.3 Å². The molecule has 4 heterocycles. The minimum atomic E-state index is -3.24. The second-order valence-electron chi connectivity index (χ2n) is 9.56. The third-order valence-corrected chi connectivity index (χ3v) is 7.93. The zero-order valence-corrected chi connectivity index (χ0v) is 20.4. The van der Waals surface area contributed by atoms with E-state index in [2.05, 4.69) is 14.9 Å². The molecule has 1 aromatic carbocycles. The smallest absolute Gasteiger partial charge is 0.208 e. The number of benzene rings is 1. The predicted molar refractivity (Wildman–Crippen MR) is 132 cm³/mol. The van der Waals surface area contributed by atoms with Crippen molar-refractivity contribution in [3.63, 3.8) is 0 Å². The molecule has 1 aliphatic carbocycles. The molecular weight excluding hydrogens is 464 g/mol. The number of hydrogen-bond acceptors (Lipinski definition) is 7. The Morgan fingerprint density at radius 1 is 1.09 bits per heavy atom. The minimum Gasteiger partial charge on any atom is -0.489 e. The van der Waals surface area contributed by atoms with Gasteiger partial charge in [-0.3, -0.25) is 4.90 Å². The van der Waals surface area contributed by atoms with Gasteiger partial charge in [-0.25, -0.2) is 18.4 Å². The topological polar surface area (TPSA) is 90.5 Å². The molecule has 1 aliphatic heterocycles. The summed E-state index contributed by atoms with van der Waals surface area (Å²) in [7, 11) is -3.24. The van der Waals surface area contributed by atoms with Crippen LogP contribution in [0.5, 0.6) is 5.75 Å². The van der Waals surface area contributed by atoms with Gasteiger partial charge in [-0.05, 0) is 62.1 Å². The average molecular weight is 493 g/mol. The zero-order valence-electron chi connectivity index (χ0n) is 19.6. The summed E-state index contributed by atoms with van der Waals surface area (Å²) < 4.78 is 37.5. The number of likely N-dealkylation sites (tertiary alicyclic amines) is 1. The standard InChI is InChI=1S/C26H28N4O4S/c1-35(31,32)22-5-6-24-19(14-22)8-13-30(24)25-7-4-21(15-27-25)34-20-9-11-29(12-10-20)16-26-28-23(17-33-26)18-2-3-18/h4-8,13-15,17-18,20H,2-3,9-12,16H2,1H3. The number of aromatic nitrogens is 3. The van der Waals surface area contributed by atoms with Crippen molar-refractivity contribution in [2.45, 2.75) is 49.1 Å². The van der Waals surface area contributed by atoms with Crippen molar-refractivity contribution in [3.8, 4) is 11.6 Å². The lowest BCUT2D eigenvalue weighted by atomic mass is 10.1. The molecular formula is C26H28N4O4S. The molecule has 4 aromatic rings. The van der Waals surface area contributed by atoms with Gasteiger partial charge in [-0.2, -0.15) is 0 Å². The van der Waals surface area contributed by atoms with E-state index in [1.807, 2.05) is 41.3 Å². The van der Waals surface area contributed by atoms with E-state index in [0.717, 1.165) is 66.5 Å². The lowest BCUT2D eigenvalue weighted by molar-refractivity contribution is 0.0916. The Bertz CT molecular complexity index is 1450. The fourth-order valence-electron chi connectivity index (χ4n) is 4.67. The van der Waals surface area contributed by atoms with Crippen molar-refractivity contribution >= 4 is 20.7 Å². The van der Waals surface area contributed by atoms with Gasteiger partial charge in [0.05, 0.1) is 28.8 Å². The second-order valence-corrected chi connectivity index (χ2v) is 11.6. The van der Waals surface area contributed by atoms with Gasteiger partial charge in [-0.15, -0.1) is 0 Å². The maximum atomic E-state index is 11.8. The van der Waals surface area contributed by atoms with Crippen LogP contribution < -0.4 is 4.74 Å². The normalized spacial score (nSPS) is 17.7. The highest BCUT2D eigenvalue weighted by atomic mass is 32.2. The van der Waals surface area contributed by atoms with E-state index in [9.17, 15) is 8.42 Å².